The molecule has 0 unspecified atom stereocenters. The molecule has 1 heterocycles. The summed E-state index contributed by atoms with van der Waals surface area (Å²) in [4.78, 5) is 4.82. The first-order chi connectivity index (χ1) is 9.08. The van der Waals surface area contributed by atoms with E-state index in [4.69, 9.17) is 4.98 Å². The van der Waals surface area contributed by atoms with Crippen molar-refractivity contribution in [1.29, 1.82) is 0 Å². The van der Waals surface area contributed by atoms with E-state index in [2.05, 4.69) is 58.0 Å². The summed E-state index contributed by atoms with van der Waals surface area (Å²) in [6, 6.07) is 12.9. The second kappa shape index (κ2) is 4.34. The third-order valence-electron chi connectivity index (χ3n) is 4.07. The van der Waals surface area contributed by atoms with Gasteiger partial charge < -0.3 is 0 Å². The Kier molecular flexibility index (Phi) is 2.78. The average Bonchev–Trinajstić information content (AvgIpc) is 2.41. The van der Waals surface area contributed by atoms with Crippen molar-refractivity contribution in [3.8, 4) is 0 Å². The molecule has 3 aromatic rings. The molecular formula is C18H19N. The summed E-state index contributed by atoms with van der Waals surface area (Å²) in [6.45, 7) is 8.92. The van der Waals surface area contributed by atoms with E-state index in [1.807, 2.05) is 6.07 Å². The molecule has 1 nitrogen and oxygen atoms in total. The van der Waals surface area contributed by atoms with E-state index in [-0.39, 0.29) is 0 Å². The van der Waals surface area contributed by atoms with Crippen molar-refractivity contribution in [2.75, 3.05) is 0 Å². The topological polar surface area (TPSA) is 12.9 Å². The lowest BCUT2D eigenvalue weighted by Gasteiger charge is -2.15. The van der Waals surface area contributed by atoms with E-state index >= 15 is 0 Å². The van der Waals surface area contributed by atoms with E-state index < -0.39 is 0 Å². The van der Waals surface area contributed by atoms with Crippen molar-refractivity contribution < 1.29 is 0 Å². The van der Waals surface area contributed by atoms with Crippen LogP contribution in [0.3, 0.4) is 0 Å². The van der Waals surface area contributed by atoms with Gasteiger partial charge in [-0.2, -0.15) is 0 Å². The number of nitrogens with zero attached hydrogens (tertiary/aromatic N) is 1. The Morgan fingerprint density at radius 2 is 1.63 bits per heavy atom. The van der Waals surface area contributed by atoms with Crippen LogP contribution < -0.4 is 0 Å². The SMILES string of the molecule is Cc1c(C(C)C)cc2nc3ccccc3cc2c1C. The summed E-state index contributed by atoms with van der Waals surface area (Å²) < 4.78 is 0. The molecule has 1 aromatic heterocycles. The van der Waals surface area contributed by atoms with Gasteiger partial charge in [0.05, 0.1) is 11.0 Å². The molecule has 0 aliphatic heterocycles. The highest BCUT2D eigenvalue weighted by atomic mass is 14.7. The van der Waals surface area contributed by atoms with E-state index in [0.29, 0.717) is 5.92 Å². The largest absolute Gasteiger partial charge is 0.248 e. The Hall–Kier alpha value is -1.89. The van der Waals surface area contributed by atoms with Crippen molar-refractivity contribution >= 4 is 21.8 Å². The van der Waals surface area contributed by atoms with E-state index in [1.54, 1.807) is 0 Å². The van der Waals surface area contributed by atoms with Gasteiger partial charge in [0.1, 0.15) is 0 Å². The van der Waals surface area contributed by atoms with Crippen molar-refractivity contribution in [2.45, 2.75) is 33.6 Å². The van der Waals surface area contributed by atoms with Crippen LogP contribution in [-0.4, -0.2) is 4.98 Å². The van der Waals surface area contributed by atoms with Gasteiger partial charge in [-0.25, -0.2) is 4.98 Å². The Bertz CT molecular complexity index is 769. The molecule has 96 valence electrons. The standard InChI is InChI=1S/C18H19N/c1-11(2)15-10-18-16(13(4)12(15)3)9-14-7-5-6-8-17(14)19-18/h5-11H,1-4H3. The lowest BCUT2D eigenvalue weighted by molar-refractivity contribution is 0.856. The summed E-state index contributed by atoms with van der Waals surface area (Å²) in [6.07, 6.45) is 0. The van der Waals surface area contributed by atoms with E-state index in [9.17, 15) is 0 Å². The van der Waals surface area contributed by atoms with Gasteiger partial charge in [-0.15, -0.1) is 0 Å². The van der Waals surface area contributed by atoms with E-state index in [1.165, 1.54) is 27.5 Å². The minimum atomic E-state index is 0.538. The second-order valence-corrected chi connectivity index (χ2v) is 5.62. The van der Waals surface area contributed by atoms with Crippen LogP contribution in [-0.2, 0) is 0 Å². The Labute approximate surface area is 114 Å². The Morgan fingerprint density at radius 3 is 2.37 bits per heavy atom. The van der Waals surface area contributed by atoms with Crippen molar-refractivity contribution in [1.82, 2.24) is 4.98 Å². The van der Waals surface area contributed by atoms with Crippen LogP contribution in [0.4, 0.5) is 0 Å². The Morgan fingerprint density at radius 1 is 0.895 bits per heavy atom. The van der Waals surface area contributed by atoms with Crippen LogP contribution in [0.15, 0.2) is 36.4 Å². The number of hydrogen-bond acceptors (Lipinski definition) is 1. The molecule has 3 rings (SSSR count). The van der Waals surface area contributed by atoms with Crippen LogP contribution in [0, 0.1) is 13.8 Å². The lowest BCUT2D eigenvalue weighted by atomic mass is 9.91. The molecule has 0 fully saturated rings. The minimum Gasteiger partial charge on any atom is -0.248 e. The van der Waals surface area contributed by atoms with Gasteiger partial charge in [-0.3, -0.25) is 0 Å². The third kappa shape index (κ3) is 1.90. The number of rotatable bonds is 1. The summed E-state index contributed by atoms with van der Waals surface area (Å²) >= 11 is 0. The molecular weight excluding hydrogens is 230 g/mol. The maximum absolute atomic E-state index is 4.82. The van der Waals surface area contributed by atoms with E-state index in [0.717, 1.165) is 11.0 Å². The monoisotopic (exact) mass is 249 g/mol. The van der Waals surface area contributed by atoms with Gasteiger partial charge in [0.25, 0.3) is 0 Å². The molecule has 0 spiro atoms. The smallest absolute Gasteiger partial charge is 0.0715 e. The van der Waals surface area contributed by atoms with Crippen molar-refractivity contribution in [2.24, 2.45) is 0 Å². The van der Waals surface area contributed by atoms with Crippen LogP contribution in [0.25, 0.3) is 21.8 Å². The number of fused-ring (bicyclic) bond motifs is 2. The number of para-hydroxylation sites is 1. The fourth-order valence-corrected chi connectivity index (χ4v) is 2.81. The van der Waals surface area contributed by atoms with Crippen LogP contribution in [0.1, 0.15) is 36.5 Å². The molecule has 2 aromatic carbocycles. The summed E-state index contributed by atoms with van der Waals surface area (Å²) in [5, 5.41) is 2.50. The highest BCUT2D eigenvalue weighted by Crippen LogP contribution is 2.30. The van der Waals surface area contributed by atoms with Gasteiger partial charge in [-0.05, 0) is 54.7 Å². The number of aromatic nitrogens is 1. The first-order valence-electron chi connectivity index (χ1n) is 6.87. The molecule has 0 aliphatic rings. The number of hydrogen-bond donors (Lipinski definition) is 0. The molecule has 0 saturated carbocycles. The maximum Gasteiger partial charge on any atom is 0.0715 e. The molecule has 0 aliphatic carbocycles. The summed E-state index contributed by atoms with van der Waals surface area (Å²) in [5.74, 6) is 0.538. The fourth-order valence-electron chi connectivity index (χ4n) is 2.81. The molecule has 0 saturated heterocycles. The van der Waals surface area contributed by atoms with Gasteiger partial charge in [0.15, 0.2) is 0 Å². The number of pyridine rings is 1. The highest BCUT2D eigenvalue weighted by molar-refractivity contribution is 5.95. The fraction of sp³-hybridized carbons (Fsp3) is 0.278. The zero-order chi connectivity index (χ0) is 13.6. The highest BCUT2D eigenvalue weighted by Gasteiger charge is 2.11. The molecule has 0 atom stereocenters. The predicted molar refractivity (Wildman–Crippen MR) is 82.8 cm³/mol. The molecule has 1 heteroatoms. The molecule has 0 radical (unpaired) electrons. The first kappa shape index (κ1) is 12.2. The summed E-state index contributed by atoms with van der Waals surface area (Å²) in [5.41, 5.74) is 6.37. The zero-order valence-corrected chi connectivity index (χ0v) is 12.0. The average molecular weight is 249 g/mol. The predicted octanol–water partition coefficient (Wildman–Crippen LogP) is 5.13. The van der Waals surface area contributed by atoms with Gasteiger partial charge in [0, 0.05) is 10.8 Å². The molecule has 19 heavy (non-hydrogen) atoms. The van der Waals surface area contributed by atoms with Crippen LogP contribution in [0.5, 0.6) is 0 Å². The van der Waals surface area contributed by atoms with Gasteiger partial charge in [0.2, 0.25) is 0 Å². The molecule has 0 N–H and O–H groups in total. The molecule has 0 amide bonds. The van der Waals surface area contributed by atoms with Crippen molar-refractivity contribution in [3.05, 3.63) is 53.1 Å². The quantitative estimate of drug-likeness (QED) is 0.545. The normalized spacial score (nSPS) is 11.6. The third-order valence-corrected chi connectivity index (χ3v) is 4.07. The first-order valence-corrected chi connectivity index (χ1v) is 6.87. The second-order valence-electron chi connectivity index (χ2n) is 5.62. The van der Waals surface area contributed by atoms with Crippen molar-refractivity contribution in [3.63, 3.8) is 0 Å². The minimum absolute atomic E-state index is 0.538. The maximum atomic E-state index is 4.82. The number of aryl methyl sites for hydroxylation is 1. The number of benzene rings is 2. The molecule has 0 bridgehead atoms. The zero-order valence-electron chi connectivity index (χ0n) is 12.0. The van der Waals surface area contributed by atoms with Gasteiger partial charge >= 0.3 is 0 Å². The van der Waals surface area contributed by atoms with Crippen LogP contribution >= 0.6 is 0 Å². The van der Waals surface area contributed by atoms with Crippen LogP contribution in [0.2, 0.25) is 0 Å². The Balaban J connectivity index is 2.44. The lowest BCUT2D eigenvalue weighted by Crippen LogP contribution is -1.97. The summed E-state index contributed by atoms with van der Waals surface area (Å²) in [7, 11) is 0. The van der Waals surface area contributed by atoms with Gasteiger partial charge in [-0.1, -0.05) is 32.0 Å².